The zero-order valence-corrected chi connectivity index (χ0v) is 26.7. The van der Waals surface area contributed by atoms with Crippen LogP contribution in [-0.2, 0) is 25.5 Å². The van der Waals surface area contributed by atoms with Gasteiger partial charge in [-0.2, -0.15) is 12.6 Å². The fourth-order valence-electron chi connectivity index (χ4n) is 4.06. The molecule has 4 amide bonds. The molecule has 1 aliphatic rings. The van der Waals surface area contributed by atoms with Gasteiger partial charge < -0.3 is 30.3 Å². The summed E-state index contributed by atoms with van der Waals surface area (Å²) in [5, 5.41) is 7.59. The molecule has 230 valence electrons. The third kappa shape index (κ3) is 13.7. The molecule has 0 unspecified atom stereocenters. The van der Waals surface area contributed by atoms with Crippen LogP contribution in [0.4, 0.5) is 9.59 Å². The van der Waals surface area contributed by atoms with Gasteiger partial charge in [0.15, 0.2) is 0 Å². The molecule has 0 aliphatic carbocycles. The van der Waals surface area contributed by atoms with Crippen LogP contribution in [0.3, 0.4) is 0 Å². The predicted octanol–water partition coefficient (Wildman–Crippen LogP) is 4.13. The van der Waals surface area contributed by atoms with Crippen LogP contribution < -0.4 is 16.0 Å². The number of nitrogens with one attached hydrogen (secondary N) is 3. The average Bonchev–Trinajstić information content (AvgIpc) is 3.40. The molecule has 0 spiro atoms. The Labute approximate surface area is 253 Å². The van der Waals surface area contributed by atoms with Crippen LogP contribution in [0.2, 0.25) is 0 Å². The number of hydrogen-bond donors (Lipinski definition) is 4. The Morgan fingerprint density at radius 2 is 1.56 bits per heavy atom. The van der Waals surface area contributed by atoms with Gasteiger partial charge in [-0.3, -0.25) is 9.59 Å². The summed E-state index contributed by atoms with van der Waals surface area (Å²) in [5.74, 6) is 1.03. The second kappa shape index (κ2) is 16.1. The van der Waals surface area contributed by atoms with Crippen LogP contribution in [-0.4, -0.2) is 82.2 Å². The van der Waals surface area contributed by atoms with Gasteiger partial charge in [0.25, 0.3) is 0 Å². The molecule has 0 aromatic heterocycles. The zero-order chi connectivity index (χ0) is 30.6. The molecule has 1 saturated heterocycles. The molecule has 1 heterocycles. The Morgan fingerprint density at radius 3 is 2.12 bits per heavy atom. The minimum atomic E-state index is -0.821. The first-order valence-corrected chi connectivity index (χ1v) is 15.7. The van der Waals surface area contributed by atoms with Crippen LogP contribution in [0.5, 0.6) is 0 Å². The normalized spacial score (nSPS) is 15.8. The Bertz CT molecular complexity index is 1010. The first-order chi connectivity index (χ1) is 19.1. The SMILES string of the molecule is CC(C)(C)OC(=O)N[C@@H](CCCCNC(=O)[C@H](S)[C@@H](Cc1ccccc1)NC(=O)OC(C)(C)C)C(=O)N1CCSC1. The molecule has 1 aromatic rings. The van der Waals surface area contributed by atoms with Crippen molar-refractivity contribution in [3.63, 3.8) is 0 Å². The van der Waals surface area contributed by atoms with Crippen LogP contribution in [0.25, 0.3) is 0 Å². The number of carbonyl (C=O) groups is 4. The van der Waals surface area contributed by atoms with E-state index in [1.807, 2.05) is 30.3 Å². The smallest absolute Gasteiger partial charge is 0.408 e. The van der Waals surface area contributed by atoms with E-state index in [9.17, 15) is 19.2 Å². The van der Waals surface area contributed by atoms with E-state index >= 15 is 0 Å². The predicted molar refractivity (Wildman–Crippen MR) is 165 cm³/mol. The highest BCUT2D eigenvalue weighted by atomic mass is 32.2. The van der Waals surface area contributed by atoms with Crippen molar-refractivity contribution in [1.82, 2.24) is 20.9 Å². The summed E-state index contributed by atoms with van der Waals surface area (Å²) in [7, 11) is 0. The summed E-state index contributed by atoms with van der Waals surface area (Å²) in [6.45, 7) is 11.6. The lowest BCUT2D eigenvalue weighted by Gasteiger charge is -2.27. The highest BCUT2D eigenvalue weighted by molar-refractivity contribution is 7.99. The second-order valence-corrected chi connectivity index (χ2v) is 13.6. The number of rotatable bonds is 12. The summed E-state index contributed by atoms with van der Waals surface area (Å²) < 4.78 is 10.7. The molecular weight excluding hydrogens is 564 g/mol. The van der Waals surface area contributed by atoms with Crippen LogP contribution in [0, 0.1) is 0 Å². The maximum Gasteiger partial charge on any atom is 0.408 e. The number of nitrogens with zero attached hydrogens (tertiary/aromatic N) is 1. The van der Waals surface area contributed by atoms with Crippen LogP contribution >= 0.6 is 24.4 Å². The Morgan fingerprint density at radius 1 is 0.951 bits per heavy atom. The van der Waals surface area contributed by atoms with Gasteiger partial charge in [-0.25, -0.2) is 9.59 Å². The lowest BCUT2D eigenvalue weighted by Crippen LogP contribution is -2.50. The van der Waals surface area contributed by atoms with E-state index < -0.39 is 40.7 Å². The second-order valence-electron chi connectivity index (χ2n) is 12.0. The number of unbranched alkanes of at least 4 members (excludes halogenated alkanes) is 1. The fraction of sp³-hybridized carbons (Fsp3) is 0.655. The van der Waals surface area contributed by atoms with E-state index in [1.54, 1.807) is 58.2 Å². The van der Waals surface area contributed by atoms with Crippen molar-refractivity contribution >= 4 is 48.4 Å². The molecular formula is C29H46N4O6S2. The van der Waals surface area contributed by atoms with Crippen molar-refractivity contribution in [3.8, 4) is 0 Å². The van der Waals surface area contributed by atoms with Crippen molar-refractivity contribution in [2.45, 2.75) is 95.8 Å². The minimum absolute atomic E-state index is 0.128. The summed E-state index contributed by atoms with van der Waals surface area (Å²) in [6.07, 6.45) is 0.746. The molecule has 1 fully saturated rings. The molecule has 0 bridgehead atoms. The molecule has 1 aliphatic heterocycles. The molecule has 12 heteroatoms. The number of hydrogen-bond acceptors (Lipinski definition) is 8. The van der Waals surface area contributed by atoms with E-state index in [0.29, 0.717) is 44.6 Å². The molecule has 41 heavy (non-hydrogen) atoms. The zero-order valence-electron chi connectivity index (χ0n) is 25.0. The molecule has 0 radical (unpaired) electrons. The van der Waals surface area contributed by atoms with E-state index in [4.69, 9.17) is 9.47 Å². The highest BCUT2D eigenvalue weighted by Crippen LogP contribution is 2.17. The number of alkyl carbamates (subject to hydrolysis) is 2. The molecule has 3 atom stereocenters. The number of ether oxygens (including phenoxy) is 2. The Balaban J connectivity index is 1.91. The maximum atomic E-state index is 13.0. The van der Waals surface area contributed by atoms with E-state index in [1.165, 1.54) is 0 Å². The van der Waals surface area contributed by atoms with Crippen molar-refractivity contribution in [3.05, 3.63) is 35.9 Å². The molecule has 1 aromatic carbocycles. The summed E-state index contributed by atoms with van der Waals surface area (Å²) >= 11 is 6.22. The van der Waals surface area contributed by atoms with Gasteiger partial charge >= 0.3 is 12.2 Å². The lowest BCUT2D eigenvalue weighted by molar-refractivity contribution is -0.132. The number of benzene rings is 1. The van der Waals surface area contributed by atoms with Gasteiger partial charge in [0.2, 0.25) is 11.8 Å². The van der Waals surface area contributed by atoms with E-state index in [0.717, 1.165) is 11.3 Å². The van der Waals surface area contributed by atoms with Crippen LogP contribution in [0.15, 0.2) is 30.3 Å². The van der Waals surface area contributed by atoms with Crippen molar-refractivity contribution in [2.75, 3.05) is 24.7 Å². The fourth-order valence-corrected chi connectivity index (χ4v) is 5.28. The van der Waals surface area contributed by atoms with Gasteiger partial charge in [0.1, 0.15) is 22.5 Å². The first kappa shape index (κ1) is 34.6. The van der Waals surface area contributed by atoms with E-state index in [2.05, 4.69) is 28.6 Å². The largest absolute Gasteiger partial charge is 0.444 e. The lowest BCUT2D eigenvalue weighted by atomic mass is 10.0. The highest BCUT2D eigenvalue weighted by Gasteiger charge is 2.30. The minimum Gasteiger partial charge on any atom is -0.444 e. The molecule has 2 rings (SSSR count). The van der Waals surface area contributed by atoms with Crippen molar-refractivity contribution in [1.29, 1.82) is 0 Å². The Hall–Kier alpha value is -2.60. The number of thiol groups is 1. The Kier molecular flexibility index (Phi) is 13.6. The third-order valence-corrected chi connectivity index (χ3v) is 7.48. The van der Waals surface area contributed by atoms with Gasteiger partial charge in [0, 0.05) is 18.8 Å². The van der Waals surface area contributed by atoms with Crippen LogP contribution in [0.1, 0.15) is 66.4 Å². The summed E-state index contributed by atoms with van der Waals surface area (Å²) in [6, 6.07) is 8.23. The van der Waals surface area contributed by atoms with Crippen molar-refractivity contribution < 1.29 is 28.7 Å². The monoisotopic (exact) mass is 610 g/mol. The van der Waals surface area contributed by atoms with Crippen molar-refractivity contribution in [2.24, 2.45) is 0 Å². The molecule has 3 N–H and O–H groups in total. The quantitative estimate of drug-likeness (QED) is 0.207. The molecule has 0 saturated carbocycles. The number of carbonyl (C=O) groups excluding carboxylic acids is 4. The molecule has 10 nitrogen and oxygen atoms in total. The summed E-state index contributed by atoms with van der Waals surface area (Å²) in [4.78, 5) is 52.6. The van der Waals surface area contributed by atoms with Gasteiger partial charge in [-0.1, -0.05) is 30.3 Å². The third-order valence-electron chi connectivity index (χ3n) is 5.92. The van der Waals surface area contributed by atoms with Gasteiger partial charge in [-0.05, 0) is 72.8 Å². The first-order valence-electron chi connectivity index (χ1n) is 14.0. The average molecular weight is 611 g/mol. The van der Waals surface area contributed by atoms with Gasteiger partial charge in [-0.15, -0.1) is 11.8 Å². The van der Waals surface area contributed by atoms with E-state index in [-0.39, 0.29) is 11.8 Å². The summed E-state index contributed by atoms with van der Waals surface area (Å²) in [5.41, 5.74) is -0.406. The number of amides is 4. The maximum absolute atomic E-state index is 13.0. The topological polar surface area (TPSA) is 126 Å². The standard InChI is InChI=1S/C29H46N4O6S2/c1-28(2,3)38-26(36)31-21(25(35)33-16-17-41-19-33)14-10-11-15-30-24(34)23(40)22(18-20-12-8-7-9-13-20)32-27(37)39-29(4,5)6/h7-9,12-13,21-23,40H,10-11,14-19H2,1-6H3,(H,30,34)(H,31,36)(H,32,37)/t21-,22+,23+/m0/s1. The number of thioether (sulfide) groups is 1. The van der Waals surface area contributed by atoms with Gasteiger partial charge in [0.05, 0.1) is 11.9 Å².